The highest BCUT2D eigenvalue weighted by atomic mass is 16.5. The second-order valence-corrected chi connectivity index (χ2v) is 4.80. The van der Waals surface area contributed by atoms with Crippen molar-refractivity contribution in [1.82, 2.24) is 4.57 Å². The monoisotopic (exact) mass is 283 g/mol. The summed E-state index contributed by atoms with van der Waals surface area (Å²) in [5, 5.41) is 0. The van der Waals surface area contributed by atoms with E-state index in [1.54, 1.807) is 0 Å². The van der Waals surface area contributed by atoms with Gasteiger partial charge in [-0.25, -0.2) is 4.79 Å². The fourth-order valence-corrected chi connectivity index (χ4v) is 2.36. The topological polar surface area (TPSA) is 40.5 Å². The van der Waals surface area contributed by atoms with E-state index in [1.807, 2.05) is 60.3 Å². The summed E-state index contributed by atoms with van der Waals surface area (Å²) in [5.74, 6) is 0.533. The maximum atomic E-state index is 11.9. The summed E-state index contributed by atoms with van der Waals surface area (Å²) in [6, 6.07) is 9.90. The average molecular weight is 283 g/mol. The molecule has 0 bridgehead atoms. The molecule has 0 saturated carbocycles. The second kappa shape index (κ2) is 5.87. The standard InChI is InChI=1S/C17H17NO3/c1-2-20-17(19)13-7-10-21-16-6-5-15(12-14(16)11-13)18-8-3-4-9-18/h3-6,8-9,11-12H,2,7,10H2,1H3. The number of hydrogen-bond acceptors (Lipinski definition) is 3. The molecule has 3 rings (SSSR count). The zero-order valence-electron chi connectivity index (χ0n) is 11.9. The summed E-state index contributed by atoms with van der Waals surface area (Å²) in [5.41, 5.74) is 2.59. The van der Waals surface area contributed by atoms with E-state index < -0.39 is 0 Å². The van der Waals surface area contributed by atoms with Crippen LogP contribution < -0.4 is 4.74 Å². The minimum absolute atomic E-state index is 0.264. The van der Waals surface area contributed by atoms with Gasteiger partial charge in [-0.1, -0.05) is 0 Å². The van der Waals surface area contributed by atoms with Gasteiger partial charge in [0, 0.05) is 35.6 Å². The highest BCUT2D eigenvalue weighted by molar-refractivity contribution is 5.94. The van der Waals surface area contributed by atoms with Gasteiger partial charge in [0.2, 0.25) is 0 Å². The van der Waals surface area contributed by atoms with Gasteiger partial charge in [-0.15, -0.1) is 0 Å². The summed E-state index contributed by atoms with van der Waals surface area (Å²) < 4.78 is 12.8. The van der Waals surface area contributed by atoms with E-state index in [4.69, 9.17) is 9.47 Å². The number of fused-ring (bicyclic) bond motifs is 1. The molecule has 0 aliphatic carbocycles. The van der Waals surface area contributed by atoms with Gasteiger partial charge in [-0.2, -0.15) is 0 Å². The van der Waals surface area contributed by atoms with Crippen molar-refractivity contribution < 1.29 is 14.3 Å². The van der Waals surface area contributed by atoms with Crippen molar-refractivity contribution in [3.63, 3.8) is 0 Å². The van der Waals surface area contributed by atoms with Crippen LogP contribution in [0.15, 0.2) is 48.3 Å². The summed E-state index contributed by atoms with van der Waals surface area (Å²) in [6.07, 6.45) is 6.39. The van der Waals surface area contributed by atoms with E-state index in [0.29, 0.717) is 25.2 Å². The van der Waals surface area contributed by atoms with Crippen LogP contribution in [0.2, 0.25) is 0 Å². The number of carbonyl (C=O) groups is 1. The smallest absolute Gasteiger partial charge is 0.334 e. The van der Waals surface area contributed by atoms with Gasteiger partial charge in [0.05, 0.1) is 13.2 Å². The molecule has 0 N–H and O–H groups in total. The molecule has 0 amide bonds. The molecule has 0 atom stereocenters. The second-order valence-electron chi connectivity index (χ2n) is 4.80. The molecule has 1 aliphatic heterocycles. The fourth-order valence-electron chi connectivity index (χ4n) is 2.36. The van der Waals surface area contributed by atoms with Gasteiger partial charge < -0.3 is 14.0 Å². The zero-order valence-corrected chi connectivity index (χ0v) is 11.9. The quantitative estimate of drug-likeness (QED) is 0.812. The van der Waals surface area contributed by atoms with Gasteiger partial charge in [0.1, 0.15) is 5.75 Å². The molecule has 2 aromatic rings. The SMILES string of the molecule is CCOC(=O)C1=Cc2cc(-n3cccc3)ccc2OCC1. The molecule has 4 nitrogen and oxygen atoms in total. The van der Waals surface area contributed by atoms with Crippen molar-refractivity contribution in [2.45, 2.75) is 13.3 Å². The number of esters is 1. The van der Waals surface area contributed by atoms with Crippen molar-refractivity contribution in [3.8, 4) is 11.4 Å². The van der Waals surface area contributed by atoms with E-state index >= 15 is 0 Å². The van der Waals surface area contributed by atoms with Crippen molar-refractivity contribution in [1.29, 1.82) is 0 Å². The van der Waals surface area contributed by atoms with Crippen molar-refractivity contribution in [3.05, 3.63) is 53.9 Å². The molecule has 0 fully saturated rings. The molecule has 1 aromatic carbocycles. The number of aromatic nitrogens is 1. The largest absolute Gasteiger partial charge is 0.493 e. The third kappa shape index (κ3) is 2.84. The van der Waals surface area contributed by atoms with E-state index in [9.17, 15) is 4.79 Å². The normalized spacial score (nSPS) is 13.7. The zero-order chi connectivity index (χ0) is 14.7. The summed E-state index contributed by atoms with van der Waals surface area (Å²) in [6.45, 7) is 2.68. The van der Waals surface area contributed by atoms with E-state index in [2.05, 4.69) is 0 Å². The van der Waals surface area contributed by atoms with Crippen LogP contribution in [0.25, 0.3) is 11.8 Å². The van der Waals surface area contributed by atoms with Crippen LogP contribution in [0.5, 0.6) is 5.75 Å². The number of carbonyl (C=O) groups excluding carboxylic acids is 1. The molecular weight excluding hydrogens is 266 g/mol. The molecular formula is C17H17NO3. The van der Waals surface area contributed by atoms with Crippen LogP contribution in [-0.2, 0) is 9.53 Å². The maximum Gasteiger partial charge on any atom is 0.334 e. The predicted molar refractivity (Wildman–Crippen MR) is 80.5 cm³/mol. The van der Waals surface area contributed by atoms with Crippen LogP contribution in [0.1, 0.15) is 18.9 Å². The molecule has 1 aromatic heterocycles. The molecule has 0 saturated heterocycles. The minimum Gasteiger partial charge on any atom is -0.493 e. The Labute approximate surface area is 123 Å². The van der Waals surface area contributed by atoms with E-state index in [0.717, 1.165) is 17.0 Å². The first-order valence-corrected chi connectivity index (χ1v) is 7.06. The van der Waals surface area contributed by atoms with E-state index in [1.165, 1.54) is 0 Å². The number of rotatable bonds is 3. The summed E-state index contributed by atoms with van der Waals surface area (Å²) >= 11 is 0. The Balaban J connectivity index is 1.99. The molecule has 1 aliphatic rings. The van der Waals surface area contributed by atoms with Gasteiger partial charge >= 0.3 is 5.97 Å². The van der Waals surface area contributed by atoms with Crippen LogP contribution >= 0.6 is 0 Å². The highest BCUT2D eigenvalue weighted by Gasteiger charge is 2.16. The molecule has 108 valence electrons. The van der Waals surface area contributed by atoms with Crippen molar-refractivity contribution >= 4 is 12.0 Å². The summed E-state index contributed by atoms with van der Waals surface area (Å²) in [4.78, 5) is 11.9. The third-order valence-corrected chi connectivity index (χ3v) is 3.39. The van der Waals surface area contributed by atoms with Gasteiger partial charge in [-0.05, 0) is 43.3 Å². The Morgan fingerprint density at radius 3 is 2.90 bits per heavy atom. The average Bonchev–Trinajstić information content (AvgIpc) is 2.93. The number of ether oxygens (including phenoxy) is 2. The number of hydrogen-bond donors (Lipinski definition) is 0. The first-order chi connectivity index (χ1) is 10.3. The lowest BCUT2D eigenvalue weighted by Gasteiger charge is -2.09. The first kappa shape index (κ1) is 13.5. The predicted octanol–water partition coefficient (Wildman–Crippen LogP) is 3.21. The molecule has 0 radical (unpaired) electrons. The molecule has 0 spiro atoms. The Morgan fingerprint density at radius 2 is 2.14 bits per heavy atom. The fraction of sp³-hybridized carbons (Fsp3) is 0.235. The Hall–Kier alpha value is -2.49. The lowest BCUT2D eigenvalue weighted by atomic mass is 10.1. The van der Waals surface area contributed by atoms with E-state index in [-0.39, 0.29) is 5.97 Å². The Morgan fingerprint density at radius 1 is 1.33 bits per heavy atom. The molecule has 0 unspecified atom stereocenters. The number of nitrogens with zero attached hydrogens (tertiary/aromatic N) is 1. The number of benzene rings is 1. The lowest BCUT2D eigenvalue weighted by Crippen LogP contribution is -2.09. The van der Waals surface area contributed by atoms with Crippen LogP contribution in [-0.4, -0.2) is 23.8 Å². The minimum atomic E-state index is -0.264. The first-order valence-electron chi connectivity index (χ1n) is 7.06. The summed E-state index contributed by atoms with van der Waals surface area (Å²) in [7, 11) is 0. The van der Waals surface area contributed by atoms with Crippen LogP contribution in [0.3, 0.4) is 0 Å². The third-order valence-electron chi connectivity index (χ3n) is 3.39. The van der Waals surface area contributed by atoms with Gasteiger partial charge in [0.25, 0.3) is 0 Å². The van der Waals surface area contributed by atoms with Gasteiger partial charge in [0.15, 0.2) is 0 Å². The van der Waals surface area contributed by atoms with Crippen LogP contribution in [0.4, 0.5) is 0 Å². The Kier molecular flexibility index (Phi) is 3.77. The molecule has 4 heteroatoms. The van der Waals surface area contributed by atoms with Crippen molar-refractivity contribution in [2.75, 3.05) is 13.2 Å². The molecule has 21 heavy (non-hydrogen) atoms. The lowest BCUT2D eigenvalue weighted by molar-refractivity contribution is -0.138. The van der Waals surface area contributed by atoms with Crippen molar-refractivity contribution in [2.24, 2.45) is 0 Å². The highest BCUT2D eigenvalue weighted by Crippen LogP contribution is 2.28. The maximum absolute atomic E-state index is 11.9. The van der Waals surface area contributed by atoms with Gasteiger partial charge in [-0.3, -0.25) is 0 Å². The van der Waals surface area contributed by atoms with Crippen LogP contribution in [0, 0.1) is 0 Å². The molecule has 2 heterocycles. The Bertz CT molecular complexity index is 671.